The van der Waals surface area contributed by atoms with Gasteiger partial charge in [-0.05, 0) is 37.6 Å². The Labute approximate surface area is 124 Å². The molecule has 1 fully saturated rings. The summed E-state index contributed by atoms with van der Waals surface area (Å²) in [4.78, 5) is 11.8. The van der Waals surface area contributed by atoms with Crippen molar-refractivity contribution >= 4 is 27.4 Å². The highest BCUT2D eigenvalue weighted by Gasteiger charge is 2.41. The smallest absolute Gasteiger partial charge is 0.356 e. The Morgan fingerprint density at radius 1 is 1.19 bits per heavy atom. The van der Waals surface area contributed by atoms with E-state index >= 15 is 0 Å². The number of piperidine rings is 1. The summed E-state index contributed by atoms with van der Waals surface area (Å²) in [6.07, 6.45) is -3.81. The van der Waals surface area contributed by atoms with Crippen molar-refractivity contribution in [2.45, 2.75) is 32.9 Å². The Balaban J connectivity index is 1.90. The van der Waals surface area contributed by atoms with Crippen LogP contribution in [0.5, 0.6) is 0 Å². The lowest BCUT2D eigenvalue weighted by atomic mass is 9.96. The standard InChI is InChI=1S/C14H16F3N3S/c1-8-7-21-13-11(8)12(18-9(2)19-13)20-5-3-10(4-6-20)14(15,16)17/h7,10H,3-6H2,1-2H3. The molecule has 0 bridgehead atoms. The molecule has 0 aliphatic carbocycles. The molecule has 2 aromatic rings. The number of hydrogen-bond donors (Lipinski definition) is 0. The first kappa shape index (κ1) is 14.6. The number of rotatable bonds is 1. The first-order valence-corrected chi connectivity index (χ1v) is 7.78. The zero-order valence-electron chi connectivity index (χ0n) is 11.9. The van der Waals surface area contributed by atoms with Crippen molar-refractivity contribution in [1.82, 2.24) is 9.97 Å². The Hall–Kier alpha value is -1.37. The van der Waals surface area contributed by atoms with Gasteiger partial charge in [-0.25, -0.2) is 9.97 Å². The molecule has 0 spiro atoms. The maximum Gasteiger partial charge on any atom is 0.391 e. The van der Waals surface area contributed by atoms with Gasteiger partial charge in [0.05, 0.1) is 11.3 Å². The third-order valence-corrected chi connectivity index (χ3v) is 4.96. The molecule has 0 saturated carbocycles. The summed E-state index contributed by atoms with van der Waals surface area (Å²) in [6.45, 7) is 4.60. The Morgan fingerprint density at radius 2 is 1.86 bits per heavy atom. The second-order valence-electron chi connectivity index (χ2n) is 5.50. The summed E-state index contributed by atoms with van der Waals surface area (Å²) in [5, 5.41) is 3.00. The minimum atomic E-state index is -4.08. The van der Waals surface area contributed by atoms with E-state index in [0.29, 0.717) is 18.9 Å². The van der Waals surface area contributed by atoms with Crippen LogP contribution in [0.25, 0.3) is 10.2 Å². The lowest BCUT2D eigenvalue weighted by Crippen LogP contribution is -2.39. The monoisotopic (exact) mass is 315 g/mol. The number of anilines is 1. The van der Waals surface area contributed by atoms with Crippen LogP contribution < -0.4 is 4.90 Å². The van der Waals surface area contributed by atoms with Gasteiger partial charge < -0.3 is 4.90 Å². The van der Waals surface area contributed by atoms with Crippen LogP contribution in [0.15, 0.2) is 5.38 Å². The average molecular weight is 315 g/mol. The summed E-state index contributed by atoms with van der Waals surface area (Å²) < 4.78 is 38.3. The van der Waals surface area contributed by atoms with Crippen LogP contribution in [-0.2, 0) is 0 Å². The van der Waals surface area contributed by atoms with Crippen molar-refractivity contribution in [3.05, 3.63) is 16.8 Å². The SMILES string of the molecule is Cc1nc(N2CCC(C(F)(F)F)CC2)c2c(C)csc2n1. The molecule has 1 aliphatic heterocycles. The molecule has 2 aromatic heterocycles. The molecule has 0 unspecified atom stereocenters. The van der Waals surface area contributed by atoms with Crippen molar-refractivity contribution in [2.24, 2.45) is 5.92 Å². The molecule has 7 heteroatoms. The zero-order chi connectivity index (χ0) is 15.2. The summed E-state index contributed by atoms with van der Waals surface area (Å²) in [5.74, 6) is 0.268. The summed E-state index contributed by atoms with van der Waals surface area (Å²) in [5.41, 5.74) is 1.09. The van der Waals surface area contributed by atoms with Gasteiger partial charge in [0.15, 0.2) is 0 Å². The van der Waals surface area contributed by atoms with Crippen molar-refractivity contribution in [3.63, 3.8) is 0 Å². The lowest BCUT2D eigenvalue weighted by Gasteiger charge is -2.34. The number of aryl methyl sites for hydroxylation is 2. The van der Waals surface area contributed by atoms with E-state index in [-0.39, 0.29) is 12.8 Å². The molecule has 3 heterocycles. The van der Waals surface area contributed by atoms with E-state index in [1.54, 1.807) is 11.3 Å². The van der Waals surface area contributed by atoms with Crippen LogP contribution in [-0.4, -0.2) is 29.2 Å². The highest BCUT2D eigenvalue weighted by atomic mass is 32.1. The van der Waals surface area contributed by atoms with Crippen LogP contribution in [0.1, 0.15) is 24.2 Å². The predicted molar refractivity (Wildman–Crippen MR) is 77.9 cm³/mol. The van der Waals surface area contributed by atoms with E-state index in [9.17, 15) is 13.2 Å². The molecular weight excluding hydrogens is 299 g/mol. The molecule has 114 valence electrons. The van der Waals surface area contributed by atoms with Crippen molar-refractivity contribution in [1.29, 1.82) is 0 Å². The fourth-order valence-electron chi connectivity index (χ4n) is 2.81. The van der Waals surface area contributed by atoms with Crippen LogP contribution in [0.3, 0.4) is 0 Å². The first-order chi connectivity index (χ1) is 9.86. The average Bonchev–Trinajstić information content (AvgIpc) is 2.78. The van der Waals surface area contributed by atoms with Crippen molar-refractivity contribution < 1.29 is 13.2 Å². The number of alkyl halides is 3. The van der Waals surface area contributed by atoms with E-state index in [4.69, 9.17) is 0 Å². The molecule has 1 saturated heterocycles. The lowest BCUT2D eigenvalue weighted by molar-refractivity contribution is -0.179. The van der Waals surface area contributed by atoms with Gasteiger partial charge in [-0.2, -0.15) is 13.2 Å². The maximum absolute atomic E-state index is 12.8. The molecule has 0 amide bonds. The fourth-order valence-corrected chi connectivity index (χ4v) is 3.77. The van der Waals surface area contributed by atoms with E-state index in [1.807, 2.05) is 24.1 Å². The van der Waals surface area contributed by atoms with Gasteiger partial charge >= 0.3 is 6.18 Å². The van der Waals surface area contributed by atoms with E-state index < -0.39 is 12.1 Å². The highest BCUT2D eigenvalue weighted by Crippen LogP contribution is 2.37. The molecule has 21 heavy (non-hydrogen) atoms. The topological polar surface area (TPSA) is 29.0 Å². The summed E-state index contributed by atoms with van der Waals surface area (Å²) in [6, 6.07) is 0. The summed E-state index contributed by atoms with van der Waals surface area (Å²) in [7, 11) is 0. The number of halogens is 3. The Bertz CT molecular complexity index is 657. The first-order valence-electron chi connectivity index (χ1n) is 6.90. The normalized spacial score (nSPS) is 17.7. The third-order valence-electron chi connectivity index (χ3n) is 3.97. The minimum absolute atomic E-state index is 0.136. The molecule has 0 atom stereocenters. The largest absolute Gasteiger partial charge is 0.391 e. The van der Waals surface area contributed by atoms with Crippen LogP contribution in [0.4, 0.5) is 19.0 Å². The van der Waals surface area contributed by atoms with Gasteiger partial charge in [0.2, 0.25) is 0 Å². The van der Waals surface area contributed by atoms with Gasteiger partial charge in [0.25, 0.3) is 0 Å². The molecule has 0 aromatic carbocycles. The van der Waals surface area contributed by atoms with Gasteiger partial charge in [0, 0.05) is 13.1 Å². The molecule has 0 radical (unpaired) electrons. The van der Waals surface area contributed by atoms with Crippen LogP contribution >= 0.6 is 11.3 Å². The van der Waals surface area contributed by atoms with Crippen LogP contribution in [0.2, 0.25) is 0 Å². The van der Waals surface area contributed by atoms with Crippen LogP contribution in [0, 0.1) is 19.8 Å². The quantitative estimate of drug-likeness (QED) is 0.794. The van der Waals surface area contributed by atoms with Gasteiger partial charge in [-0.15, -0.1) is 11.3 Å². The molecule has 3 rings (SSSR count). The Morgan fingerprint density at radius 3 is 2.48 bits per heavy atom. The van der Waals surface area contributed by atoms with Gasteiger partial charge in [-0.1, -0.05) is 0 Å². The Kier molecular flexibility index (Phi) is 3.55. The number of thiophene rings is 1. The van der Waals surface area contributed by atoms with E-state index in [1.165, 1.54) is 0 Å². The number of aromatic nitrogens is 2. The molecule has 0 N–H and O–H groups in total. The number of fused-ring (bicyclic) bond motifs is 1. The van der Waals surface area contributed by atoms with Crippen molar-refractivity contribution in [2.75, 3.05) is 18.0 Å². The third kappa shape index (κ3) is 2.71. The molecular formula is C14H16F3N3S. The van der Waals surface area contributed by atoms with E-state index in [2.05, 4.69) is 9.97 Å². The highest BCUT2D eigenvalue weighted by molar-refractivity contribution is 7.17. The van der Waals surface area contributed by atoms with Crippen molar-refractivity contribution in [3.8, 4) is 0 Å². The predicted octanol–water partition coefficient (Wildman–Crippen LogP) is 4.09. The van der Waals surface area contributed by atoms with E-state index in [0.717, 1.165) is 21.6 Å². The van der Waals surface area contributed by atoms with Gasteiger partial charge in [0.1, 0.15) is 16.5 Å². The zero-order valence-corrected chi connectivity index (χ0v) is 12.7. The second-order valence-corrected chi connectivity index (χ2v) is 6.35. The van der Waals surface area contributed by atoms with Gasteiger partial charge in [-0.3, -0.25) is 0 Å². The minimum Gasteiger partial charge on any atom is -0.356 e. The molecule has 1 aliphatic rings. The summed E-state index contributed by atoms with van der Waals surface area (Å²) >= 11 is 1.55. The second kappa shape index (κ2) is 5.12. The number of nitrogens with zero attached hydrogens (tertiary/aromatic N) is 3. The fraction of sp³-hybridized carbons (Fsp3) is 0.571. The maximum atomic E-state index is 12.8. The number of hydrogen-bond acceptors (Lipinski definition) is 4. The molecule has 3 nitrogen and oxygen atoms in total.